The molecule has 3 nitrogen and oxygen atoms in total. The minimum Gasteiger partial charge on any atom is -0.497 e. The Balaban J connectivity index is 2.44. The molecule has 1 aromatic carbocycles. The first-order valence-corrected chi connectivity index (χ1v) is 6.34. The van der Waals surface area contributed by atoms with E-state index in [-0.39, 0.29) is 0 Å². The summed E-state index contributed by atoms with van der Waals surface area (Å²) in [5, 5.41) is 0.625. The normalized spacial score (nSPS) is 10.8. The van der Waals surface area contributed by atoms with Crippen LogP contribution in [-0.2, 0) is 0 Å². The Morgan fingerprint density at radius 1 is 1.24 bits per heavy atom. The summed E-state index contributed by atoms with van der Waals surface area (Å²) in [5.74, 6) is 1.28. The lowest BCUT2D eigenvalue weighted by atomic mass is 10.1. The molecular formula is C13H16N2OS. The molecule has 0 unspecified atom stereocenters. The topological polar surface area (TPSA) is 48.1 Å². The fraction of sp³-hybridized carbons (Fsp3) is 0.308. The van der Waals surface area contributed by atoms with Gasteiger partial charge in [0.15, 0.2) is 5.13 Å². The number of hydrogen-bond acceptors (Lipinski definition) is 4. The SMILES string of the molecule is COc1ccc(-c2nc(N)sc2C(C)C)cc1. The summed E-state index contributed by atoms with van der Waals surface area (Å²) in [6, 6.07) is 7.91. The molecule has 1 aromatic heterocycles. The van der Waals surface area contributed by atoms with E-state index in [1.807, 2.05) is 24.3 Å². The van der Waals surface area contributed by atoms with Crippen LogP contribution < -0.4 is 10.5 Å². The van der Waals surface area contributed by atoms with Crippen molar-refractivity contribution in [2.75, 3.05) is 12.8 Å². The second kappa shape index (κ2) is 4.75. The first kappa shape index (κ1) is 11.9. The fourth-order valence-corrected chi connectivity index (χ4v) is 2.55. The lowest BCUT2D eigenvalue weighted by molar-refractivity contribution is 0.415. The molecule has 4 heteroatoms. The summed E-state index contributed by atoms with van der Waals surface area (Å²) >= 11 is 1.56. The average molecular weight is 248 g/mol. The van der Waals surface area contributed by atoms with Crippen molar-refractivity contribution in [2.45, 2.75) is 19.8 Å². The van der Waals surface area contributed by atoms with Crippen LogP contribution in [0.3, 0.4) is 0 Å². The lowest BCUT2D eigenvalue weighted by Crippen LogP contribution is -1.89. The second-order valence-corrected chi connectivity index (χ2v) is 5.21. The summed E-state index contributed by atoms with van der Waals surface area (Å²) in [5.41, 5.74) is 7.87. The standard InChI is InChI=1S/C13H16N2OS/c1-8(2)12-11(15-13(14)17-12)9-4-6-10(16-3)7-5-9/h4-8H,1-3H3,(H2,14,15). The minimum absolute atomic E-state index is 0.432. The number of rotatable bonds is 3. The number of ether oxygens (including phenoxy) is 1. The highest BCUT2D eigenvalue weighted by molar-refractivity contribution is 7.15. The molecular weight excluding hydrogens is 232 g/mol. The van der Waals surface area contributed by atoms with Crippen molar-refractivity contribution in [3.05, 3.63) is 29.1 Å². The second-order valence-electron chi connectivity index (χ2n) is 4.15. The first-order chi connectivity index (χ1) is 8.11. The van der Waals surface area contributed by atoms with Crippen molar-refractivity contribution < 1.29 is 4.74 Å². The number of nitrogen functional groups attached to an aromatic ring is 1. The van der Waals surface area contributed by atoms with Gasteiger partial charge >= 0.3 is 0 Å². The zero-order valence-electron chi connectivity index (χ0n) is 10.2. The number of benzene rings is 1. The highest BCUT2D eigenvalue weighted by Gasteiger charge is 2.14. The Morgan fingerprint density at radius 3 is 2.41 bits per heavy atom. The smallest absolute Gasteiger partial charge is 0.180 e. The molecule has 0 saturated carbocycles. The van der Waals surface area contributed by atoms with Crippen molar-refractivity contribution in [1.29, 1.82) is 0 Å². The maximum atomic E-state index is 5.79. The van der Waals surface area contributed by atoms with Gasteiger partial charge in [-0.25, -0.2) is 4.98 Å². The number of nitrogens with two attached hydrogens (primary N) is 1. The summed E-state index contributed by atoms with van der Waals surface area (Å²) in [6.07, 6.45) is 0. The maximum Gasteiger partial charge on any atom is 0.180 e. The zero-order chi connectivity index (χ0) is 12.4. The van der Waals surface area contributed by atoms with Gasteiger partial charge in [-0.1, -0.05) is 13.8 Å². The summed E-state index contributed by atoms with van der Waals surface area (Å²) in [7, 11) is 1.66. The van der Waals surface area contributed by atoms with Crippen LogP contribution in [0.5, 0.6) is 5.75 Å². The van der Waals surface area contributed by atoms with Gasteiger partial charge in [0.05, 0.1) is 12.8 Å². The highest BCUT2D eigenvalue weighted by atomic mass is 32.1. The van der Waals surface area contributed by atoms with Crippen molar-refractivity contribution in [1.82, 2.24) is 4.98 Å². The number of anilines is 1. The zero-order valence-corrected chi connectivity index (χ0v) is 11.0. The van der Waals surface area contributed by atoms with Crippen molar-refractivity contribution >= 4 is 16.5 Å². The molecule has 2 rings (SSSR count). The van der Waals surface area contributed by atoms with Gasteiger partial charge in [0.1, 0.15) is 5.75 Å². The Kier molecular flexibility index (Phi) is 3.33. The predicted octanol–water partition coefficient (Wildman–Crippen LogP) is 3.52. The van der Waals surface area contributed by atoms with Gasteiger partial charge in [0.2, 0.25) is 0 Å². The molecule has 0 aliphatic heterocycles. The Morgan fingerprint density at radius 2 is 1.88 bits per heavy atom. The molecule has 90 valence electrons. The highest BCUT2D eigenvalue weighted by Crippen LogP contribution is 2.35. The van der Waals surface area contributed by atoms with E-state index in [4.69, 9.17) is 10.5 Å². The molecule has 0 spiro atoms. The molecule has 0 aliphatic carbocycles. The molecule has 0 radical (unpaired) electrons. The molecule has 0 aliphatic rings. The van der Waals surface area contributed by atoms with Gasteiger partial charge < -0.3 is 10.5 Å². The van der Waals surface area contributed by atoms with Crippen LogP contribution in [0.1, 0.15) is 24.6 Å². The van der Waals surface area contributed by atoms with Crippen LogP contribution in [0.4, 0.5) is 5.13 Å². The van der Waals surface area contributed by atoms with E-state index in [1.165, 1.54) is 4.88 Å². The number of hydrogen-bond donors (Lipinski definition) is 1. The van der Waals surface area contributed by atoms with Crippen molar-refractivity contribution in [2.24, 2.45) is 0 Å². The third-order valence-electron chi connectivity index (χ3n) is 2.56. The van der Waals surface area contributed by atoms with Gasteiger partial charge in [0.25, 0.3) is 0 Å². The molecule has 2 N–H and O–H groups in total. The number of thiazole rings is 1. The van der Waals surface area contributed by atoms with Gasteiger partial charge in [0, 0.05) is 10.4 Å². The minimum atomic E-state index is 0.432. The van der Waals surface area contributed by atoms with E-state index in [0.717, 1.165) is 17.0 Å². The van der Waals surface area contributed by atoms with Gasteiger partial charge in [-0.3, -0.25) is 0 Å². The molecule has 2 aromatic rings. The third-order valence-corrected chi connectivity index (χ3v) is 3.74. The molecule has 0 amide bonds. The molecule has 0 fully saturated rings. The van der Waals surface area contributed by atoms with Crippen LogP contribution in [0.25, 0.3) is 11.3 Å². The van der Waals surface area contributed by atoms with Crippen molar-refractivity contribution in [3.63, 3.8) is 0 Å². The van der Waals surface area contributed by atoms with Crippen LogP contribution in [-0.4, -0.2) is 12.1 Å². The summed E-state index contributed by atoms with van der Waals surface area (Å²) in [4.78, 5) is 5.64. The number of aromatic nitrogens is 1. The van der Waals surface area contributed by atoms with Crippen molar-refractivity contribution in [3.8, 4) is 17.0 Å². The largest absolute Gasteiger partial charge is 0.497 e. The number of nitrogens with zero attached hydrogens (tertiary/aromatic N) is 1. The Bertz CT molecular complexity index is 503. The van der Waals surface area contributed by atoms with E-state index in [1.54, 1.807) is 18.4 Å². The quantitative estimate of drug-likeness (QED) is 0.904. The van der Waals surface area contributed by atoms with Gasteiger partial charge in [-0.05, 0) is 30.2 Å². The third kappa shape index (κ3) is 2.42. The molecule has 0 bridgehead atoms. The maximum absolute atomic E-state index is 5.79. The molecule has 0 atom stereocenters. The molecule has 17 heavy (non-hydrogen) atoms. The summed E-state index contributed by atoms with van der Waals surface area (Å²) in [6.45, 7) is 4.31. The van der Waals surface area contributed by atoms with E-state index in [9.17, 15) is 0 Å². The Hall–Kier alpha value is -1.55. The molecule has 1 heterocycles. The monoisotopic (exact) mass is 248 g/mol. The summed E-state index contributed by atoms with van der Waals surface area (Å²) < 4.78 is 5.15. The average Bonchev–Trinajstić information content (AvgIpc) is 2.72. The number of methoxy groups -OCH3 is 1. The van der Waals surface area contributed by atoms with E-state index < -0.39 is 0 Å². The predicted molar refractivity (Wildman–Crippen MR) is 72.6 cm³/mol. The fourth-order valence-electron chi connectivity index (χ4n) is 1.70. The first-order valence-electron chi connectivity index (χ1n) is 5.52. The van der Waals surface area contributed by atoms with Gasteiger partial charge in [-0.15, -0.1) is 11.3 Å². The van der Waals surface area contributed by atoms with E-state index in [0.29, 0.717) is 11.0 Å². The van der Waals surface area contributed by atoms with E-state index >= 15 is 0 Å². The molecule has 0 saturated heterocycles. The van der Waals surface area contributed by atoms with Crippen LogP contribution in [0, 0.1) is 0 Å². The van der Waals surface area contributed by atoms with E-state index in [2.05, 4.69) is 18.8 Å². The lowest BCUT2D eigenvalue weighted by Gasteiger charge is -2.06. The van der Waals surface area contributed by atoms with Crippen LogP contribution in [0.2, 0.25) is 0 Å². The van der Waals surface area contributed by atoms with Gasteiger partial charge in [-0.2, -0.15) is 0 Å². The van der Waals surface area contributed by atoms with Crippen LogP contribution in [0.15, 0.2) is 24.3 Å². The van der Waals surface area contributed by atoms with Crippen LogP contribution >= 0.6 is 11.3 Å². The Labute approximate surface area is 105 Å².